The molecule has 0 saturated heterocycles. The lowest BCUT2D eigenvalue weighted by Gasteiger charge is -1.98. The maximum Gasteiger partial charge on any atom is -0.00135 e. The molecule has 0 radical (unpaired) electrons. The minimum atomic E-state index is 1.10. The van der Waals surface area contributed by atoms with E-state index in [1.54, 1.807) is 0 Å². The molecule has 0 aromatic heterocycles. The summed E-state index contributed by atoms with van der Waals surface area (Å²) in [4.78, 5) is 0. The van der Waals surface area contributed by atoms with Crippen LogP contribution in [0, 0.1) is 41.5 Å². The van der Waals surface area contributed by atoms with Crippen LogP contribution in [0.2, 0.25) is 0 Å². The van der Waals surface area contributed by atoms with Crippen molar-refractivity contribution in [2.75, 3.05) is 0 Å². The van der Waals surface area contributed by atoms with E-state index in [4.69, 9.17) is 0 Å². The Hall–Kier alpha value is -9.36. The Morgan fingerprint density at radius 3 is 0.398 bits per heavy atom. The molecule has 0 unspecified atom stereocenters. The number of rotatable bonds is 6. The van der Waals surface area contributed by atoms with E-state index in [1.165, 1.54) is 134 Å². The minimum Gasteiger partial charge on any atom is -0.0620 e. The van der Waals surface area contributed by atoms with E-state index in [9.17, 15) is 0 Å². The quantitative estimate of drug-likeness (QED) is 0.156. The molecule has 0 heteroatoms. The molecule has 0 heterocycles. The van der Waals surface area contributed by atoms with Gasteiger partial charge in [0.15, 0.2) is 0 Å². The first kappa shape index (κ1) is 71.1. The van der Waals surface area contributed by atoms with Crippen LogP contribution < -0.4 is 0 Å². The lowest BCUT2D eigenvalue weighted by atomic mass is 10.1. The number of hydrogen-bond donors (Lipinski definition) is 0. The zero-order valence-electron chi connectivity index (χ0n) is 58.1. The van der Waals surface area contributed by atoms with E-state index < -0.39 is 0 Å². The van der Waals surface area contributed by atoms with Gasteiger partial charge in [0.2, 0.25) is 0 Å². The highest BCUT2D eigenvalue weighted by Crippen LogP contribution is 2.38. The van der Waals surface area contributed by atoms with E-state index in [2.05, 4.69) is 374 Å². The van der Waals surface area contributed by atoms with Crippen molar-refractivity contribution in [2.45, 2.75) is 141 Å². The van der Waals surface area contributed by atoms with Gasteiger partial charge in [0, 0.05) is 0 Å². The Kier molecular flexibility index (Phi) is 29.4. The number of aryl methyl sites for hydroxylation is 12. The van der Waals surface area contributed by atoms with Gasteiger partial charge in [-0.3, -0.25) is 0 Å². The summed E-state index contributed by atoms with van der Waals surface area (Å²) in [6.07, 6.45) is 10.2. The maximum atomic E-state index is 2.22. The molecule has 0 saturated carbocycles. The topological polar surface area (TPSA) is 0 Å². The highest BCUT2D eigenvalue weighted by molar-refractivity contribution is 5.78. The average Bonchev–Trinajstić information content (AvgIpc) is 1.70. The van der Waals surface area contributed by atoms with E-state index in [-0.39, 0.29) is 0 Å². The van der Waals surface area contributed by atoms with Gasteiger partial charge in [-0.15, -0.1) is 0 Å². The van der Waals surface area contributed by atoms with Crippen LogP contribution in [0.15, 0.2) is 291 Å². The Morgan fingerprint density at radius 2 is 0.280 bits per heavy atom. The molecule has 0 atom stereocenters. The van der Waals surface area contributed by atoms with E-state index >= 15 is 0 Å². The van der Waals surface area contributed by atoms with Gasteiger partial charge in [-0.05, 0) is 233 Å². The largest absolute Gasteiger partial charge is 0.0620 e. The fourth-order valence-corrected chi connectivity index (χ4v) is 12.3. The summed E-state index contributed by atoms with van der Waals surface area (Å²) in [5, 5.41) is 0. The molecule has 3 aliphatic rings. The Labute approximate surface area is 562 Å². The third-order valence-corrected chi connectivity index (χ3v) is 18.0. The third-order valence-electron chi connectivity index (χ3n) is 18.0. The SMILES string of the molecule is CCc1ccccc1C.CCc1ccccc1C.CCc1ccccc1C.CCc1ccccc1C.CCc1ccccc1C.CCc1ccccc1C.c1ccc2c(c1)Cc1ccccc1-2.c1ccc2c(c1)Cc1ccccc1-2.c1ccc2c(c1)Cc1ccccc1-2. The van der Waals surface area contributed by atoms with Crippen molar-refractivity contribution in [3.63, 3.8) is 0 Å². The number of benzene rings is 12. The van der Waals surface area contributed by atoms with Crippen LogP contribution in [0.25, 0.3) is 33.4 Å². The minimum absolute atomic E-state index is 1.10. The van der Waals surface area contributed by atoms with Gasteiger partial charge < -0.3 is 0 Å². The normalized spacial score (nSPS) is 10.7. The Morgan fingerprint density at radius 1 is 0.161 bits per heavy atom. The van der Waals surface area contributed by atoms with E-state index in [1.807, 2.05) is 0 Å². The van der Waals surface area contributed by atoms with Gasteiger partial charge in [0.05, 0.1) is 0 Å². The van der Waals surface area contributed by atoms with Crippen molar-refractivity contribution in [1.82, 2.24) is 0 Å². The zero-order valence-corrected chi connectivity index (χ0v) is 58.1. The fraction of sp³-hybridized carbons (Fsp3) is 0.226. The summed E-state index contributed by atoms with van der Waals surface area (Å²) >= 11 is 0. The van der Waals surface area contributed by atoms with E-state index in [0.717, 1.165) is 57.8 Å². The first-order valence-corrected chi connectivity index (χ1v) is 34.2. The van der Waals surface area contributed by atoms with Gasteiger partial charge in [-0.25, -0.2) is 0 Å². The predicted molar refractivity (Wildman–Crippen MR) is 407 cm³/mol. The zero-order chi connectivity index (χ0) is 66.2. The van der Waals surface area contributed by atoms with Crippen LogP contribution >= 0.6 is 0 Å². The van der Waals surface area contributed by atoms with Gasteiger partial charge in [0.25, 0.3) is 0 Å². The second-order valence-electron chi connectivity index (χ2n) is 24.2. The summed E-state index contributed by atoms with van der Waals surface area (Å²) < 4.78 is 0. The molecular weight excluding hydrogens is 1120 g/mol. The molecule has 474 valence electrons. The summed E-state index contributed by atoms with van der Waals surface area (Å²) in [7, 11) is 0. The van der Waals surface area contributed by atoms with Crippen molar-refractivity contribution in [1.29, 1.82) is 0 Å². The number of fused-ring (bicyclic) bond motifs is 9. The molecule has 0 N–H and O–H groups in total. The molecule has 0 spiro atoms. The van der Waals surface area contributed by atoms with Crippen molar-refractivity contribution in [3.8, 4) is 33.4 Å². The van der Waals surface area contributed by atoms with Crippen LogP contribution in [0.4, 0.5) is 0 Å². The molecule has 12 aromatic carbocycles. The van der Waals surface area contributed by atoms with E-state index in [0.29, 0.717) is 0 Å². The van der Waals surface area contributed by atoms with Crippen LogP contribution in [0.5, 0.6) is 0 Å². The monoisotopic (exact) mass is 1220 g/mol. The summed E-state index contributed by atoms with van der Waals surface area (Å²) in [5.74, 6) is 0. The third kappa shape index (κ3) is 21.4. The molecule has 0 nitrogen and oxygen atoms in total. The summed E-state index contributed by atoms with van der Waals surface area (Å²) in [5.41, 5.74) is 34.4. The second-order valence-corrected chi connectivity index (χ2v) is 24.2. The number of hydrogen-bond acceptors (Lipinski definition) is 0. The van der Waals surface area contributed by atoms with Crippen LogP contribution in [-0.2, 0) is 57.8 Å². The molecule has 0 aliphatic heterocycles. The molecular formula is C93H102. The van der Waals surface area contributed by atoms with Gasteiger partial charge in [0.1, 0.15) is 0 Å². The Balaban J connectivity index is 0.000000149. The Bertz CT molecular complexity index is 3470. The molecule has 0 fully saturated rings. The fourth-order valence-electron chi connectivity index (χ4n) is 12.3. The smallest absolute Gasteiger partial charge is 0.00135 e. The highest BCUT2D eigenvalue weighted by atomic mass is 14.2. The van der Waals surface area contributed by atoms with Gasteiger partial charge in [-0.1, -0.05) is 333 Å². The lowest BCUT2D eigenvalue weighted by Crippen LogP contribution is -1.82. The maximum absolute atomic E-state index is 2.22. The van der Waals surface area contributed by atoms with Crippen LogP contribution in [0.1, 0.15) is 142 Å². The van der Waals surface area contributed by atoms with Gasteiger partial charge >= 0.3 is 0 Å². The van der Waals surface area contributed by atoms with Crippen LogP contribution in [-0.4, -0.2) is 0 Å². The average molecular weight is 1220 g/mol. The summed E-state index contributed by atoms with van der Waals surface area (Å²) in [6, 6.07) is 103. The van der Waals surface area contributed by atoms with Crippen LogP contribution in [0.3, 0.4) is 0 Å². The molecule has 12 aromatic rings. The van der Waals surface area contributed by atoms with Crippen molar-refractivity contribution in [3.05, 3.63) is 391 Å². The summed E-state index contributed by atoms with van der Waals surface area (Å²) in [6.45, 7) is 26.0. The second kappa shape index (κ2) is 38.5. The highest BCUT2D eigenvalue weighted by Gasteiger charge is 2.18. The molecule has 93 heavy (non-hydrogen) atoms. The van der Waals surface area contributed by atoms with Gasteiger partial charge in [-0.2, -0.15) is 0 Å². The molecule has 15 rings (SSSR count). The first-order valence-electron chi connectivity index (χ1n) is 34.2. The lowest BCUT2D eigenvalue weighted by molar-refractivity contribution is 1.11. The molecule has 0 bridgehead atoms. The molecule has 3 aliphatic carbocycles. The standard InChI is InChI=1S/3C13H10.6C9H12/c3*1-3-7-12-10(5-1)9-11-6-2-4-8-13(11)12;6*1-3-9-7-5-4-6-8(9)2/h3*1-8H,9H2;6*4-7H,3H2,1-2H3. The van der Waals surface area contributed by atoms with Crippen molar-refractivity contribution >= 4 is 0 Å². The first-order chi connectivity index (χ1) is 45.4. The predicted octanol–water partition coefficient (Wildman–Crippen LogP) is 25.1. The van der Waals surface area contributed by atoms with Crippen molar-refractivity contribution in [2.24, 2.45) is 0 Å². The molecule has 0 amide bonds. The van der Waals surface area contributed by atoms with Crippen molar-refractivity contribution < 1.29 is 0 Å².